The second-order valence-corrected chi connectivity index (χ2v) is 4.82. The molecule has 0 saturated heterocycles. The maximum absolute atomic E-state index is 12.1. The molecule has 132 valence electrons. The third-order valence-electron chi connectivity index (χ3n) is 3.08. The molecular weight excluding hydrogens is 314 g/mol. The van der Waals surface area contributed by atoms with Crippen molar-refractivity contribution in [2.24, 2.45) is 0 Å². The van der Waals surface area contributed by atoms with Crippen LogP contribution in [0.15, 0.2) is 24.3 Å². The van der Waals surface area contributed by atoms with Gasteiger partial charge in [0.2, 0.25) is 11.8 Å². The zero-order valence-electron chi connectivity index (χ0n) is 14.1. The molecule has 0 bridgehead atoms. The van der Waals surface area contributed by atoms with E-state index in [1.807, 2.05) is 6.92 Å². The quantitative estimate of drug-likeness (QED) is 0.740. The van der Waals surface area contributed by atoms with Gasteiger partial charge in [-0.15, -0.1) is 0 Å². The zero-order chi connectivity index (χ0) is 17.9. The van der Waals surface area contributed by atoms with Crippen molar-refractivity contribution in [1.82, 2.24) is 10.2 Å². The van der Waals surface area contributed by atoms with E-state index in [9.17, 15) is 14.4 Å². The summed E-state index contributed by atoms with van der Waals surface area (Å²) >= 11 is 0. The zero-order valence-corrected chi connectivity index (χ0v) is 14.1. The predicted octanol–water partition coefficient (Wildman–Crippen LogP) is 1.23. The monoisotopic (exact) mass is 337 g/mol. The lowest BCUT2D eigenvalue weighted by atomic mass is 10.3. The molecule has 0 atom stereocenters. The highest BCUT2D eigenvalue weighted by molar-refractivity contribution is 5.95. The molecule has 1 aromatic rings. The van der Waals surface area contributed by atoms with Crippen molar-refractivity contribution < 1.29 is 23.9 Å². The van der Waals surface area contributed by atoms with E-state index in [-0.39, 0.29) is 25.6 Å². The van der Waals surface area contributed by atoms with Crippen LogP contribution in [0.3, 0.4) is 0 Å². The van der Waals surface area contributed by atoms with Gasteiger partial charge in [0.05, 0.1) is 32.5 Å². The average molecular weight is 337 g/mol. The molecule has 2 N–H and O–H groups in total. The Morgan fingerprint density at radius 3 is 2.38 bits per heavy atom. The number of ether oxygens (including phenoxy) is 2. The molecule has 0 saturated carbocycles. The SMILES string of the molecule is CCOC(=O)NC(=O)CN(CC)CC(=O)Nc1ccccc1OC. The fraction of sp³-hybridized carbons (Fsp3) is 0.438. The number of nitrogens with one attached hydrogen (secondary N) is 2. The number of para-hydroxylation sites is 2. The van der Waals surface area contributed by atoms with Crippen LogP contribution in [-0.4, -0.2) is 56.2 Å². The summed E-state index contributed by atoms with van der Waals surface area (Å²) in [7, 11) is 1.52. The molecule has 0 unspecified atom stereocenters. The number of hydrogen-bond acceptors (Lipinski definition) is 6. The Balaban J connectivity index is 2.53. The Morgan fingerprint density at radius 1 is 1.08 bits per heavy atom. The number of alkyl carbamates (subject to hydrolysis) is 1. The first-order chi connectivity index (χ1) is 11.5. The summed E-state index contributed by atoms with van der Waals surface area (Å²) in [6.45, 7) is 4.02. The van der Waals surface area contributed by atoms with Crippen molar-refractivity contribution in [1.29, 1.82) is 0 Å². The van der Waals surface area contributed by atoms with Crippen LogP contribution >= 0.6 is 0 Å². The van der Waals surface area contributed by atoms with Crippen LogP contribution in [0.1, 0.15) is 13.8 Å². The minimum Gasteiger partial charge on any atom is -0.495 e. The molecule has 0 aromatic heterocycles. The number of nitrogens with zero attached hydrogens (tertiary/aromatic N) is 1. The molecule has 0 aliphatic rings. The van der Waals surface area contributed by atoms with Crippen LogP contribution in [0, 0.1) is 0 Å². The van der Waals surface area contributed by atoms with Gasteiger partial charge in [-0.2, -0.15) is 0 Å². The lowest BCUT2D eigenvalue weighted by Gasteiger charge is -2.19. The minimum atomic E-state index is -0.794. The van der Waals surface area contributed by atoms with Gasteiger partial charge in [0.25, 0.3) is 0 Å². The van der Waals surface area contributed by atoms with E-state index in [1.54, 1.807) is 36.1 Å². The van der Waals surface area contributed by atoms with E-state index in [0.717, 1.165) is 0 Å². The fourth-order valence-corrected chi connectivity index (χ4v) is 1.94. The molecule has 0 spiro atoms. The Hall–Kier alpha value is -2.61. The van der Waals surface area contributed by atoms with Crippen molar-refractivity contribution in [3.05, 3.63) is 24.3 Å². The summed E-state index contributed by atoms with van der Waals surface area (Å²) in [5, 5.41) is 4.82. The Kier molecular flexibility index (Phi) is 8.28. The standard InChI is InChI=1S/C16H23N3O5/c1-4-19(11-15(21)18-16(22)24-5-2)10-14(20)17-12-8-6-7-9-13(12)23-3/h6-9H,4-5,10-11H2,1-3H3,(H,17,20)(H,18,21,22). The summed E-state index contributed by atoms with van der Waals surface area (Å²) in [5.74, 6) is -0.264. The Bertz CT molecular complexity index is 577. The molecule has 0 aliphatic carbocycles. The maximum Gasteiger partial charge on any atom is 0.413 e. The number of rotatable bonds is 8. The Morgan fingerprint density at radius 2 is 1.75 bits per heavy atom. The van der Waals surface area contributed by atoms with E-state index >= 15 is 0 Å². The first kappa shape index (κ1) is 19.4. The molecule has 3 amide bonds. The maximum atomic E-state index is 12.1. The van der Waals surface area contributed by atoms with E-state index in [2.05, 4.69) is 15.4 Å². The van der Waals surface area contributed by atoms with Gasteiger partial charge in [-0.3, -0.25) is 19.8 Å². The van der Waals surface area contributed by atoms with Crippen molar-refractivity contribution in [2.45, 2.75) is 13.8 Å². The summed E-state index contributed by atoms with van der Waals surface area (Å²) in [6.07, 6.45) is -0.794. The van der Waals surface area contributed by atoms with Crippen molar-refractivity contribution >= 4 is 23.6 Å². The van der Waals surface area contributed by atoms with Gasteiger partial charge >= 0.3 is 6.09 Å². The van der Waals surface area contributed by atoms with Crippen molar-refractivity contribution in [3.8, 4) is 5.75 Å². The van der Waals surface area contributed by atoms with E-state index in [1.165, 1.54) is 7.11 Å². The van der Waals surface area contributed by atoms with Crippen LogP contribution in [0.5, 0.6) is 5.75 Å². The molecule has 0 heterocycles. The van der Waals surface area contributed by atoms with Gasteiger partial charge < -0.3 is 14.8 Å². The fourth-order valence-electron chi connectivity index (χ4n) is 1.94. The summed E-state index contributed by atoms with van der Waals surface area (Å²) in [6, 6.07) is 7.04. The third-order valence-corrected chi connectivity index (χ3v) is 3.08. The number of likely N-dealkylation sites (N-methyl/N-ethyl adjacent to an activating group) is 1. The summed E-state index contributed by atoms with van der Waals surface area (Å²) in [5.41, 5.74) is 0.553. The second-order valence-electron chi connectivity index (χ2n) is 4.82. The van der Waals surface area contributed by atoms with Crippen LogP contribution in [-0.2, 0) is 14.3 Å². The molecule has 24 heavy (non-hydrogen) atoms. The van der Waals surface area contributed by atoms with E-state index in [0.29, 0.717) is 18.0 Å². The highest BCUT2D eigenvalue weighted by Gasteiger charge is 2.16. The first-order valence-electron chi connectivity index (χ1n) is 7.61. The Labute approximate surface area is 141 Å². The van der Waals surface area contributed by atoms with Crippen LogP contribution < -0.4 is 15.4 Å². The second kappa shape index (κ2) is 10.2. The largest absolute Gasteiger partial charge is 0.495 e. The van der Waals surface area contributed by atoms with Crippen LogP contribution in [0.2, 0.25) is 0 Å². The number of carbonyl (C=O) groups excluding carboxylic acids is 3. The third kappa shape index (κ3) is 6.66. The molecule has 0 radical (unpaired) electrons. The van der Waals surface area contributed by atoms with Crippen LogP contribution in [0.4, 0.5) is 10.5 Å². The van der Waals surface area contributed by atoms with Crippen LogP contribution in [0.25, 0.3) is 0 Å². The molecule has 0 aliphatic heterocycles. The number of carbonyl (C=O) groups is 3. The molecule has 8 nitrogen and oxygen atoms in total. The average Bonchev–Trinajstić information content (AvgIpc) is 2.54. The van der Waals surface area contributed by atoms with Crippen molar-refractivity contribution in [3.63, 3.8) is 0 Å². The highest BCUT2D eigenvalue weighted by atomic mass is 16.5. The summed E-state index contributed by atoms with van der Waals surface area (Å²) in [4.78, 5) is 36.6. The van der Waals surface area contributed by atoms with Crippen molar-refractivity contribution in [2.75, 3.05) is 38.7 Å². The lowest BCUT2D eigenvalue weighted by molar-refractivity contribution is -0.122. The van der Waals surface area contributed by atoms with Gasteiger partial charge in [-0.1, -0.05) is 19.1 Å². The van der Waals surface area contributed by atoms with E-state index < -0.39 is 12.0 Å². The van der Waals surface area contributed by atoms with Gasteiger partial charge in [0.1, 0.15) is 5.75 Å². The molecule has 0 fully saturated rings. The normalized spacial score (nSPS) is 10.2. The van der Waals surface area contributed by atoms with E-state index in [4.69, 9.17) is 4.74 Å². The topological polar surface area (TPSA) is 97.0 Å². The van der Waals surface area contributed by atoms with Gasteiger partial charge in [0.15, 0.2) is 0 Å². The predicted molar refractivity (Wildman–Crippen MR) is 88.9 cm³/mol. The lowest BCUT2D eigenvalue weighted by Crippen LogP contribution is -2.43. The number of imide groups is 1. The number of anilines is 1. The number of amides is 3. The molecular formula is C16H23N3O5. The first-order valence-corrected chi connectivity index (χ1v) is 7.61. The molecule has 1 rings (SSSR count). The number of hydrogen-bond donors (Lipinski definition) is 2. The minimum absolute atomic E-state index is 0.00476. The van der Waals surface area contributed by atoms with Gasteiger partial charge in [0, 0.05) is 0 Å². The number of methoxy groups -OCH3 is 1. The number of benzene rings is 1. The smallest absolute Gasteiger partial charge is 0.413 e. The highest BCUT2D eigenvalue weighted by Crippen LogP contribution is 2.22. The summed E-state index contributed by atoms with van der Waals surface area (Å²) < 4.78 is 9.80. The molecule has 8 heteroatoms. The molecule has 1 aromatic carbocycles. The van der Waals surface area contributed by atoms with Gasteiger partial charge in [-0.05, 0) is 25.6 Å². The van der Waals surface area contributed by atoms with Gasteiger partial charge in [-0.25, -0.2) is 4.79 Å².